The van der Waals surface area contributed by atoms with E-state index in [4.69, 9.17) is 19.9 Å². The second-order valence-corrected chi connectivity index (χ2v) is 11.1. The lowest BCUT2D eigenvalue weighted by molar-refractivity contribution is 1.05. The van der Waals surface area contributed by atoms with E-state index < -0.39 is 0 Å². The minimum atomic E-state index is 0.584. The molecule has 0 fully saturated rings. The average molecular weight is 576 g/mol. The molecule has 0 aliphatic heterocycles. The van der Waals surface area contributed by atoms with Crippen LogP contribution in [0.25, 0.3) is 83.3 Å². The number of benzene rings is 6. The second-order valence-electron chi connectivity index (χ2n) is 11.1. The maximum absolute atomic E-state index is 5.03. The molecule has 0 aliphatic rings. The van der Waals surface area contributed by atoms with Crippen LogP contribution in [0.15, 0.2) is 152 Å². The van der Waals surface area contributed by atoms with Crippen LogP contribution in [0.2, 0.25) is 0 Å². The summed E-state index contributed by atoms with van der Waals surface area (Å²) in [5.41, 5.74) is 4.95. The van der Waals surface area contributed by atoms with E-state index in [0.717, 1.165) is 33.5 Å². The molecule has 5 nitrogen and oxygen atoms in total. The van der Waals surface area contributed by atoms with Crippen LogP contribution < -0.4 is 0 Å². The van der Waals surface area contributed by atoms with E-state index in [1.807, 2.05) is 66.9 Å². The van der Waals surface area contributed by atoms with Gasteiger partial charge in [0.25, 0.3) is 0 Å². The zero-order valence-corrected chi connectivity index (χ0v) is 24.2. The fourth-order valence-electron chi connectivity index (χ4n) is 6.38. The van der Waals surface area contributed by atoms with E-state index in [0.29, 0.717) is 17.5 Å². The van der Waals surface area contributed by atoms with Gasteiger partial charge in [-0.05, 0) is 45.8 Å². The number of hydrogen-bond acceptors (Lipinski definition) is 4. The second kappa shape index (κ2) is 10.2. The summed E-state index contributed by atoms with van der Waals surface area (Å²) in [6, 6.07) is 50.2. The van der Waals surface area contributed by atoms with Crippen molar-refractivity contribution in [2.45, 2.75) is 0 Å². The third kappa shape index (κ3) is 4.17. The van der Waals surface area contributed by atoms with Crippen LogP contribution in [0.3, 0.4) is 0 Å². The highest BCUT2D eigenvalue weighted by Crippen LogP contribution is 2.40. The lowest BCUT2D eigenvalue weighted by Crippen LogP contribution is -2.01. The molecule has 9 aromatic rings. The highest BCUT2D eigenvalue weighted by atomic mass is 15.1. The van der Waals surface area contributed by atoms with Gasteiger partial charge >= 0.3 is 0 Å². The van der Waals surface area contributed by atoms with Crippen molar-refractivity contribution < 1.29 is 0 Å². The maximum Gasteiger partial charge on any atom is 0.165 e. The first-order valence-corrected chi connectivity index (χ1v) is 15.0. The van der Waals surface area contributed by atoms with Crippen molar-refractivity contribution in [2.24, 2.45) is 0 Å². The number of hydrogen-bond donors (Lipinski definition) is 0. The maximum atomic E-state index is 5.03. The Kier molecular flexibility index (Phi) is 5.74. The molecule has 9 rings (SSSR count). The third-order valence-corrected chi connectivity index (χ3v) is 8.48. The van der Waals surface area contributed by atoms with Crippen molar-refractivity contribution in [3.8, 4) is 40.0 Å². The van der Waals surface area contributed by atoms with Crippen molar-refractivity contribution in [3.05, 3.63) is 152 Å². The Morgan fingerprint density at radius 3 is 1.33 bits per heavy atom. The van der Waals surface area contributed by atoms with Gasteiger partial charge in [-0.2, -0.15) is 0 Å². The van der Waals surface area contributed by atoms with Crippen LogP contribution in [0.1, 0.15) is 0 Å². The van der Waals surface area contributed by atoms with Gasteiger partial charge in [-0.3, -0.25) is 4.57 Å². The van der Waals surface area contributed by atoms with Crippen molar-refractivity contribution in [1.29, 1.82) is 0 Å². The van der Waals surface area contributed by atoms with Crippen molar-refractivity contribution in [2.75, 3.05) is 0 Å². The number of pyridine rings is 1. The first kappa shape index (κ1) is 25.3. The summed E-state index contributed by atoms with van der Waals surface area (Å²) in [6.07, 6.45) is 1.87. The molecule has 0 radical (unpaired) electrons. The summed E-state index contributed by atoms with van der Waals surface area (Å²) in [5, 5.41) is 7.39. The molecule has 0 N–H and O–H groups in total. The van der Waals surface area contributed by atoms with Crippen LogP contribution in [0.5, 0.6) is 0 Å². The molecular weight excluding hydrogens is 550 g/mol. The Balaban J connectivity index is 1.24. The lowest BCUT2D eigenvalue weighted by Gasteiger charge is -2.10. The monoisotopic (exact) mass is 575 g/mol. The van der Waals surface area contributed by atoms with Crippen LogP contribution >= 0.6 is 0 Å². The predicted octanol–water partition coefficient (Wildman–Crippen LogP) is 9.67. The molecule has 6 aromatic carbocycles. The molecule has 0 spiro atoms. The Morgan fingerprint density at radius 2 is 0.844 bits per heavy atom. The fourth-order valence-corrected chi connectivity index (χ4v) is 6.38. The predicted molar refractivity (Wildman–Crippen MR) is 183 cm³/mol. The molecule has 5 heteroatoms. The molecule has 0 saturated carbocycles. The Hall–Kier alpha value is -6.20. The van der Waals surface area contributed by atoms with E-state index >= 15 is 0 Å². The lowest BCUT2D eigenvalue weighted by atomic mass is 10.00. The van der Waals surface area contributed by atoms with E-state index in [-0.39, 0.29) is 0 Å². The van der Waals surface area contributed by atoms with E-state index in [1.54, 1.807) is 0 Å². The van der Waals surface area contributed by atoms with Crippen LogP contribution in [0, 0.1) is 0 Å². The highest BCUT2D eigenvalue weighted by molar-refractivity contribution is 6.28. The van der Waals surface area contributed by atoms with Gasteiger partial charge < -0.3 is 0 Å². The Labute approximate surface area is 259 Å². The average Bonchev–Trinajstić information content (AvgIpc) is 3.48. The van der Waals surface area contributed by atoms with Crippen LogP contribution in [-0.4, -0.2) is 24.5 Å². The molecule has 210 valence electrons. The van der Waals surface area contributed by atoms with E-state index in [1.165, 1.54) is 32.3 Å². The summed E-state index contributed by atoms with van der Waals surface area (Å²) in [5.74, 6) is 2.68. The van der Waals surface area contributed by atoms with Gasteiger partial charge in [0.1, 0.15) is 5.82 Å². The van der Waals surface area contributed by atoms with Gasteiger partial charge in [-0.25, -0.2) is 19.9 Å². The van der Waals surface area contributed by atoms with Gasteiger partial charge in [0.15, 0.2) is 17.5 Å². The van der Waals surface area contributed by atoms with Gasteiger partial charge in [-0.1, -0.05) is 121 Å². The summed E-state index contributed by atoms with van der Waals surface area (Å²) in [7, 11) is 0. The van der Waals surface area contributed by atoms with Crippen LogP contribution in [-0.2, 0) is 0 Å². The SMILES string of the molecule is c1ccc(-c2nc(-c3ccccc3)nc(-c3ccc(-n4c5ccc6ccccc6c5c5c6ccccc6ccc54)nc3)n2)cc1. The zero-order chi connectivity index (χ0) is 29.7. The molecule has 3 heterocycles. The van der Waals surface area contributed by atoms with Crippen molar-refractivity contribution in [3.63, 3.8) is 0 Å². The summed E-state index contributed by atoms with van der Waals surface area (Å²) >= 11 is 0. The van der Waals surface area contributed by atoms with Gasteiger partial charge in [-0.15, -0.1) is 0 Å². The minimum Gasteiger partial charge on any atom is -0.294 e. The first-order chi connectivity index (χ1) is 22.3. The number of fused-ring (bicyclic) bond motifs is 7. The third-order valence-electron chi connectivity index (χ3n) is 8.48. The molecule has 0 atom stereocenters. The molecule has 0 aliphatic carbocycles. The Bertz CT molecular complexity index is 2370. The molecule has 0 unspecified atom stereocenters. The normalized spacial score (nSPS) is 11.6. The number of rotatable bonds is 4. The fraction of sp³-hybridized carbons (Fsp3) is 0. The topological polar surface area (TPSA) is 56.5 Å². The summed E-state index contributed by atoms with van der Waals surface area (Å²) < 4.78 is 2.27. The minimum absolute atomic E-state index is 0.584. The van der Waals surface area contributed by atoms with Gasteiger partial charge in [0.2, 0.25) is 0 Å². The number of nitrogens with zero attached hydrogens (tertiary/aromatic N) is 5. The van der Waals surface area contributed by atoms with Gasteiger partial charge in [0, 0.05) is 33.7 Å². The van der Waals surface area contributed by atoms with Crippen molar-refractivity contribution in [1.82, 2.24) is 24.5 Å². The summed E-state index contributed by atoms with van der Waals surface area (Å²) in [6.45, 7) is 0. The molecule has 0 amide bonds. The highest BCUT2D eigenvalue weighted by Gasteiger charge is 2.18. The quantitative estimate of drug-likeness (QED) is 0.210. The first-order valence-electron chi connectivity index (χ1n) is 15.0. The van der Waals surface area contributed by atoms with Crippen molar-refractivity contribution >= 4 is 43.4 Å². The number of aromatic nitrogens is 5. The van der Waals surface area contributed by atoms with Crippen LogP contribution in [0.4, 0.5) is 0 Å². The van der Waals surface area contributed by atoms with E-state index in [2.05, 4.69) is 89.5 Å². The molecule has 0 bridgehead atoms. The van der Waals surface area contributed by atoms with E-state index in [9.17, 15) is 0 Å². The smallest absolute Gasteiger partial charge is 0.165 e. The molecular formula is C40H25N5. The Morgan fingerprint density at radius 1 is 0.378 bits per heavy atom. The largest absolute Gasteiger partial charge is 0.294 e. The standard InChI is InChI=1S/C40H25N5/c1-3-13-28(14-4-1)38-42-39(29-15-5-2-6-16-29)44-40(43-38)30-21-24-35(41-25-30)45-33-22-19-26-11-7-9-17-31(26)36(33)37-32-18-10-8-12-27(32)20-23-34(37)45/h1-25H. The summed E-state index contributed by atoms with van der Waals surface area (Å²) in [4.78, 5) is 19.6. The zero-order valence-electron chi connectivity index (χ0n) is 24.2. The molecule has 3 aromatic heterocycles. The molecule has 45 heavy (non-hydrogen) atoms. The molecule has 0 saturated heterocycles. The van der Waals surface area contributed by atoms with Gasteiger partial charge in [0.05, 0.1) is 11.0 Å².